The summed E-state index contributed by atoms with van der Waals surface area (Å²) in [6.45, 7) is 9.74. The topological polar surface area (TPSA) is 78.8 Å². The predicted molar refractivity (Wildman–Crippen MR) is 103 cm³/mol. The van der Waals surface area contributed by atoms with E-state index in [1.54, 1.807) is 6.92 Å². The fraction of sp³-hybridized carbons (Fsp3) is 0.450. The van der Waals surface area contributed by atoms with E-state index < -0.39 is 12.1 Å². The Balaban J connectivity index is 1.62. The quantitative estimate of drug-likeness (QED) is 0.835. The molecule has 0 aliphatic carbocycles. The van der Waals surface area contributed by atoms with Crippen molar-refractivity contribution in [3.63, 3.8) is 0 Å². The van der Waals surface area contributed by atoms with Crippen molar-refractivity contribution in [3.05, 3.63) is 47.3 Å². The number of aliphatic carboxylic acids is 1. The van der Waals surface area contributed by atoms with Crippen LogP contribution >= 0.6 is 0 Å². The molecule has 1 aromatic heterocycles. The van der Waals surface area contributed by atoms with Gasteiger partial charge in [0.2, 0.25) is 5.95 Å². The van der Waals surface area contributed by atoms with Crippen molar-refractivity contribution in [2.45, 2.75) is 33.4 Å². The van der Waals surface area contributed by atoms with E-state index in [1.807, 2.05) is 44.2 Å². The van der Waals surface area contributed by atoms with Crippen molar-refractivity contribution in [2.24, 2.45) is 0 Å². The van der Waals surface area contributed by atoms with Gasteiger partial charge in [0.1, 0.15) is 5.75 Å². The Hall–Kier alpha value is -2.67. The Kier molecular flexibility index (Phi) is 5.91. The van der Waals surface area contributed by atoms with Gasteiger partial charge in [-0.3, -0.25) is 4.90 Å². The number of piperazine rings is 1. The molecule has 144 valence electrons. The molecule has 27 heavy (non-hydrogen) atoms. The molecule has 1 saturated heterocycles. The summed E-state index contributed by atoms with van der Waals surface area (Å²) in [6, 6.07) is 9.61. The lowest BCUT2D eigenvalue weighted by Crippen LogP contribution is -2.46. The summed E-state index contributed by atoms with van der Waals surface area (Å²) in [5.41, 5.74) is 2.97. The first kappa shape index (κ1) is 19.1. The molecule has 0 bridgehead atoms. The SMILES string of the molecule is Cc1cc(C)nc(N2CCN(Cc3ccccc3O[C@@H](C)C(=O)O)CC2)n1. The molecule has 1 atom stereocenters. The maximum Gasteiger partial charge on any atom is 0.344 e. The average Bonchev–Trinajstić information content (AvgIpc) is 2.63. The highest BCUT2D eigenvalue weighted by Crippen LogP contribution is 2.22. The zero-order chi connectivity index (χ0) is 19.4. The van der Waals surface area contributed by atoms with Crippen molar-refractivity contribution in [3.8, 4) is 5.75 Å². The number of hydrogen-bond acceptors (Lipinski definition) is 6. The molecule has 0 radical (unpaired) electrons. The van der Waals surface area contributed by atoms with E-state index in [9.17, 15) is 4.79 Å². The summed E-state index contributed by atoms with van der Waals surface area (Å²) in [5, 5.41) is 9.08. The summed E-state index contributed by atoms with van der Waals surface area (Å²) < 4.78 is 5.61. The van der Waals surface area contributed by atoms with E-state index in [-0.39, 0.29) is 0 Å². The Morgan fingerprint density at radius 1 is 1.15 bits per heavy atom. The molecule has 7 heteroatoms. The summed E-state index contributed by atoms with van der Waals surface area (Å²) in [4.78, 5) is 24.7. The Morgan fingerprint density at radius 2 is 1.78 bits per heavy atom. The van der Waals surface area contributed by atoms with E-state index in [1.165, 1.54) is 0 Å². The second-order valence-corrected chi connectivity index (χ2v) is 6.92. The Morgan fingerprint density at radius 3 is 2.41 bits per heavy atom. The normalized spacial score (nSPS) is 16.2. The van der Waals surface area contributed by atoms with Crippen molar-refractivity contribution in [1.29, 1.82) is 0 Å². The van der Waals surface area contributed by atoms with Gasteiger partial charge in [0.15, 0.2) is 6.10 Å². The number of para-hydroxylation sites is 1. The van der Waals surface area contributed by atoms with Crippen LogP contribution in [0.5, 0.6) is 5.75 Å². The number of carboxylic acids is 1. The van der Waals surface area contributed by atoms with Gasteiger partial charge in [0.25, 0.3) is 0 Å². The van der Waals surface area contributed by atoms with Gasteiger partial charge in [-0.15, -0.1) is 0 Å². The zero-order valence-corrected chi connectivity index (χ0v) is 16.1. The van der Waals surface area contributed by atoms with E-state index >= 15 is 0 Å². The van der Waals surface area contributed by atoms with Gasteiger partial charge < -0.3 is 14.7 Å². The Labute approximate surface area is 159 Å². The molecule has 2 heterocycles. The smallest absolute Gasteiger partial charge is 0.344 e. The van der Waals surface area contributed by atoms with Crippen LogP contribution in [0.15, 0.2) is 30.3 Å². The summed E-state index contributed by atoms with van der Waals surface area (Å²) in [5.74, 6) is 0.463. The van der Waals surface area contributed by atoms with Crippen molar-refractivity contribution in [1.82, 2.24) is 14.9 Å². The molecule has 0 saturated carbocycles. The number of rotatable bonds is 6. The first-order valence-corrected chi connectivity index (χ1v) is 9.19. The number of hydrogen-bond donors (Lipinski definition) is 1. The fourth-order valence-electron chi connectivity index (χ4n) is 3.19. The predicted octanol–water partition coefficient (Wildman–Crippen LogP) is 2.27. The number of anilines is 1. The number of aromatic nitrogens is 2. The molecule has 7 nitrogen and oxygen atoms in total. The second-order valence-electron chi connectivity index (χ2n) is 6.92. The Bertz CT molecular complexity index is 783. The lowest BCUT2D eigenvalue weighted by atomic mass is 10.1. The molecule has 1 aliphatic rings. The largest absolute Gasteiger partial charge is 0.479 e. The molecule has 0 unspecified atom stereocenters. The van der Waals surface area contributed by atoms with Crippen LogP contribution in [0.3, 0.4) is 0 Å². The van der Waals surface area contributed by atoms with Crippen molar-refractivity contribution < 1.29 is 14.6 Å². The number of carboxylic acid groups (broad SMARTS) is 1. The minimum atomic E-state index is -0.966. The van der Waals surface area contributed by atoms with Gasteiger partial charge in [0.05, 0.1) is 0 Å². The van der Waals surface area contributed by atoms with Crippen LogP contribution in [0.25, 0.3) is 0 Å². The van der Waals surface area contributed by atoms with Crippen LogP contribution in [0.2, 0.25) is 0 Å². The number of benzene rings is 1. The highest BCUT2D eigenvalue weighted by molar-refractivity contribution is 5.72. The molecule has 3 rings (SSSR count). The van der Waals surface area contributed by atoms with Crippen molar-refractivity contribution in [2.75, 3.05) is 31.1 Å². The van der Waals surface area contributed by atoms with E-state index in [4.69, 9.17) is 9.84 Å². The molecular weight excluding hydrogens is 344 g/mol. The van der Waals surface area contributed by atoms with Crippen LogP contribution in [-0.2, 0) is 11.3 Å². The maximum absolute atomic E-state index is 11.1. The standard InChI is InChI=1S/C20H26N4O3/c1-14-12-15(2)22-20(21-14)24-10-8-23(9-11-24)13-17-6-4-5-7-18(17)27-16(3)19(25)26/h4-7,12,16H,8-11,13H2,1-3H3,(H,25,26)/t16-/m0/s1. The number of nitrogens with zero attached hydrogens (tertiary/aromatic N) is 4. The van der Waals surface area contributed by atoms with Crippen LogP contribution in [0, 0.1) is 13.8 Å². The summed E-state index contributed by atoms with van der Waals surface area (Å²) in [6.07, 6.45) is -0.871. The number of aryl methyl sites for hydroxylation is 2. The van der Waals surface area contributed by atoms with Gasteiger partial charge in [-0.05, 0) is 32.9 Å². The molecule has 1 aromatic carbocycles. The zero-order valence-electron chi connectivity index (χ0n) is 16.1. The van der Waals surface area contributed by atoms with Gasteiger partial charge in [-0.1, -0.05) is 18.2 Å². The second kappa shape index (κ2) is 8.35. The van der Waals surface area contributed by atoms with E-state index in [2.05, 4.69) is 19.8 Å². The summed E-state index contributed by atoms with van der Waals surface area (Å²) in [7, 11) is 0. The molecule has 1 aliphatic heterocycles. The minimum Gasteiger partial charge on any atom is -0.479 e. The lowest BCUT2D eigenvalue weighted by molar-refractivity contribution is -0.144. The molecular formula is C20H26N4O3. The van der Waals surface area contributed by atoms with E-state index in [0.717, 1.165) is 55.6 Å². The third-order valence-electron chi connectivity index (χ3n) is 4.64. The number of carbonyl (C=O) groups is 1. The molecule has 2 aromatic rings. The average molecular weight is 370 g/mol. The molecule has 0 spiro atoms. The first-order chi connectivity index (χ1) is 12.9. The highest BCUT2D eigenvalue weighted by atomic mass is 16.5. The molecule has 1 N–H and O–H groups in total. The van der Waals surface area contributed by atoms with Crippen molar-refractivity contribution >= 4 is 11.9 Å². The fourth-order valence-corrected chi connectivity index (χ4v) is 3.19. The van der Waals surface area contributed by atoms with Gasteiger partial charge in [-0.2, -0.15) is 0 Å². The molecule has 1 fully saturated rings. The third kappa shape index (κ3) is 4.95. The summed E-state index contributed by atoms with van der Waals surface area (Å²) >= 11 is 0. The number of ether oxygens (including phenoxy) is 1. The van der Waals surface area contributed by atoms with Gasteiger partial charge in [-0.25, -0.2) is 14.8 Å². The van der Waals surface area contributed by atoms with Crippen LogP contribution in [0.1, 0.15) is 23.9 Å². The maximum atomic E-state index is 11.1. The molecule has 0 amide bonds. The van der Waals surface area contributed by atoms with Crippen LogP contribution in [-0.4, -0.2) is 58.2 Å². The van der Waals surface area contributed by atoms with Crippen LogP contribution < -0.4 is 9.64 Å². The lowest BCUT2D eigenvalue weighted by Gasteiger charge is -2.35. The first-order valence-electron chi connectivity index (χ1n) is 9.19. The van der Waals surface area contributed by atoms with E-state index in [0.29, 0.717) is 5.75 Å². The third-order valence-corrected chi connectivity index (χ3v) is 4.64. The highest BCUT2D eigenvalue weighted by Gasteiger charge is 2.21. The minimum absolute atomic E-state index is 0.632. The van der Waals surface area contributed by atoms with Gasteiger partial charge in [0, 0.05) is 49.7 Å². The van der Waals surface area contributed by atoms with Crippen LogP contribution in [0.4, 0.5) is 5.95 Å². The monoisotopic (exact) mass is 370 g/mol. The van der Waals surface area contributed by atoms with Gasteiger partial charge >= 0.3 is 5.97 Å².